The Morgan fingerprint density at radius 1 is 1.15 bits per heavy atom. The Morgan fingerprint density at radius 3 is 2.45 bits per heavy atom. The minimum atomic E-state index is -0.0932. The van der Waals surface area contributed by atoms with Gasteiger partial charge in [0.05, 0.1) is 6.20 Å². The molecule has 0 unspecified atom stereocenters. The molecule has 2 aromatic rings. The average molecular weight is 271 g/mol. The molecule has 0 saturated heterocycles. The molecular weight excluding hydrogens is 250 g/mol. The molecule has 0 aliphatic rings. The Bertz CT molecular complexity index is 548. The zero-order chi connectivity index (χ0) is 14.6. The Kier molecular flexibility index (Phi) is 4.17. The zero-order valence-electron chi connectivity index (χ0n) is 12.5. The molecule has 0 saturated carbocycles. The van der Waals surface area contributed by atoms with Crippen molar-refractivity contribution in [2.24, 2.45) is 0 Å². The molecule has 106 valence electrons. The first-order valence-corrected chi connectivity index (χ1v) is 6.80. The van der Waals surface area contributed by atoms with Crippen molar-refractivity contribution < 1.29 is 0 Å². The molecule has 1 heterocycles. The van der Waals surface area contributed by atoms with Crippen LogP contribution in [0.3, 0.4) is 0 Å². The molecule has 0 fully saturated rings. The molecule has 5 heteroatoms. The lowest BCUT2D eigenvalue weighted by Gasteiger charge is -2.24. The van der Waals surface area contributed by atoms with Gasteiger partial charge in [-0.15, -0.1) is 5.10 Å². The van der Waals surface area contributed by atoms with Crippen LogP contribution < -0.4 is 10.2 Å². The fourth-order valence-electron chi connectivity index (χ4n) is 1.90. The zero-order valence-corrected chi connectivity index (χ0v) is 12.5. The van der Waals surface area contributed by atoms with Gasteiger partial charge in [0.25, 0.3) is 0 Å². The van der Waals surface area contributed by atoms with Gasteiger partial charge in [-0.1, -0.05) is 18.2 Å². The molecular formula is C15H21N5. The van der Waals surface area contributed by atoms with E-state index in [1.807, 2.05) is 18.2 Å². The van der Waals surface area contributed by atoms with Crippen LogP contribution in [-0.2, 0) is 0 Å². The summed E-state index contributed by atoms with van der Waals surface area (Å²) >= 11 is 0. The van der Waals surface area contributed by atoms with Gasteiger partial charge in [0, 0.05) is 17.8 Å². The summed E-state index contributed by atoms with van der Waals surface area (Å²) in [5.41, 5.74) is 1.00. The lowest BCUT2D eigenvalue weighted by molar-refractivity contribution is 0.622. The van der Waals surface area contributed by atoms with E-state index in [4.69, 9.17) is 0 Å². The lowest BCUT2D eigenvalue weighted by Crippen LogP contribution is -2.28. The Balaban J connectivity index is 2.29. The molecule has 2 rings (SSSR count). The van der Waals surface area contributed by atoms with E-state index in [0.717, 1.165) is 18.1 Å². The number of nitrogens with zero attached hydrogens (tertiary/aromatic N) is 4. The predicted octanol–water partition coefficient (Wildman–Crippen LogP) is 3.24. The molecule has 0 spiro atoms. The normalized spacial score (nSPS) is 11.2. The first kappa shape index (κ1) is 14.2. The van der Waals surface area contributed by atoms with E-state index < -0.39 is 0 Å². The quantitative estimate of drug-likeness (QED) is 0.925. The van der Waals surface area contributed by atoms with Crippen LogP contribution in [0.15, 0.2) is 36.5 Å². The third-order valence-corrected chi connectivity index (χ3v) is 2.69. The third kappa shape index (κ3) is 3.66. The van der Waals surface area contributed by atoms with Crippen LogP contribution >= 0.6 is 0 Å². The molecule has 1 aromatic heterocycles. The second-order valence-corrected chi connectivity index (χ2v) is 5.59. The Labute approximate surface area is 120 Å². The standard InChI is InChI=1S/C15H21N5/c1-5-20(12-9-7-6-8-10-12)13-11-16-19-14(17-13)18-15(2,3)4/h6-11H,5H2,1-4H3,(H,17,18,19). The maximum atomic E-state index is 4.55. The van der Waals surface area contributed by atoms with Gasteiger partial charge in [-0.25, -0.2) is 0 Å². The summed E-state index contributed by atoms with van der Waals surface area (Å²) < 4.78 is 0. The van der Waals surface area contributed by atoms with Crippen molar-refractivity contribution in [1.29, 1.82) is 0 Å². The summed E-state index contributed by atoms with van der Waals surface area (Å²) in [7, 11) is 0. The van der Waals surface area contributed by atoms with Crippen LogP contribution in [0, 0.1) is 0 Å². The first-order valence-electron chi connectivity index (χ1n) is 6.80. The highest BCUT2D eigenvalue weighted by molar-refractivity contribution is 5.59. The highest BCUT2D eigenvalue weighted by Crippen LogP contribution is 2.23. The van der Waals surface area contributed by atoms with Crippen molar-refractivity contribution in [3.8, 4) is 0 Å². The average Bonchev–Trinajstić information content (AvgIpc) is 2.39. The predicted molar refractivity (Wildman–Crippen MR) is 82.3 cm³/mol. The fourth-order valence-corrected chi connectivity index (χ4v) is 1.90. The SMILES string of the molecule is CCN(c1ccccc1)c1cnnc(NC(C)(C)C)n1. The van der Waals surface area contributed by atoms with Gasteiger partial charge < -0.3 is 10.2 Å². The van der Waals surface area contributed by atoms with Crippen LogP contribution in [-0.4, -0.2) is 27.3 Å². The van der Waals surface area contributed by atoms with Crippen molar-refractivity contribution in [3.63, 3.8) is 0 Å². The van der Waals surface area contributed by atoms with Crippen LogP contribution in [0.25, 0.3) is 0 Å². The van der Waals surface area contributed by atoms with Crippen molar-refractivity contribution in [2.45, 2.75) is 33.2 Å². The van der Waals surface area contributed by atoms with E-state index in [1.54, 1.807) is 6.20 Å². The topological polar surface area (TPSA) is 53.9 Å². The van der Waals surface area contributed by atoms with E-state index in [0.29, 0.717) is 5.95 Å². The minimum absolute atomic E-state index is 0.0932. The van der Waals surface area contributed by atoms with Gasteiger partial charge >= 0.3 is 0 Å². The molecule has 0 radical (unpaired) electrons. The monoisotopic (exact) mass is 271 g/mol. The summed E-state index contributed by atoms with van der Waals surface area (Å²) in [6.07, 6.45) is 1.68. The third-order valence-electron chi connectivity index (χ3n) is 2.69. The first-order chi connectivity index (χ1) is 9.49. The molecule has 0 atom stereocenters. The van der Waals surface area contributed by atoms with Crippen molar-refractivity contribution in [2.75, 3.05) is 16.8 Å². The second-order valence-electron chi connectivity index (χ2n) is 5.59. The number of hydrogen-bond acceptors (Lipinski definition) is 5. The van der Waals surface area contributed by atoms with Crippen LogP contribution in [0.4, 0.5) is 17.5 Å². The van der Waals surface area contributed by atoms with E-state index in [2.05, 4.69) is 65.2 Å². The Morgan fingerprint density at radius 2 is 1.85 bits per heavy atom. The van der Waals surface area contributed by atoms with Crippen LogP contribution in [0.5, 0.6) is 0 Å². The number of hydrogen-bond donors (Lipinski definition) is 1. The highest BCUT2D eigenvalue weighted by Gasteiger charge is 2.14. The summed E-state index contributed by atoms with van der Waals surface area (Å²) in [6.45, 7) is 9.11. The van der Waals surface area contributed by atoms with Crippen molar-refractivity contribution in [1.82, 2.24) is 15.2 Å². The Hall–Kier alpha value is -2.17. The smallest absolute Gasteiger partial charge is 0.245 e. The minimum Gasteiger partial charge on any atom is -0.348 e. The second kappa shape index (κ2) is 5.86. The lowest BCUT2D eigenvalue weighted by atomic mass is 10.1. The number of nitrogens with one attached hydrogen (secondary N) is 1. The van der Waals surface area contributed by atoms with Crippen LogP contribution in [0.2, 0.25) is 0 Å². The van der Waals surface area contributed by atoms with E-state index in [1.165, 1.54) is 0 Å². The van der Waals surface area contributed by atoms with Gasteiger partial charge in [0.2, 0.25) is 5.95 Å². The number of rotatable bonds is 4. The number of anilines is 3. The van der Waals surface area contributed by atoms with Crippen molar-refractivity contribution in [3.05, 3.63) is 36.5 Å². The van der Waals surface area contributed by atoms with Gasteiger partial charge in [0.1, 0.15) is 0 Å². The maximum absolute atomic E-state index is 4.55. The van der Waals surface area contributed by atoms with Gasteiger partial charge in [-0.2, -0.15) is 10.1 Å². The van der Waals surface area contributed by atoms with Gasteiger partial charge in [-0.05, 0) is 39.8 Å². The van der Waals surface area contributed by atoms with Crippen molar-refractivity contribution >= 4 is 17.5 Å². The molecule has 1 aromatic carbocycles. The fraction of sp³-hybridized carbons (Fsp3) is 0.400. The molecule has 0 aliphatic heterocycles. The molecule has 0 aliphatic carbocycles. The highest BCUT2D eigenvalue weighted by atomic mass is 15.3. The van der Waals surface area contributed by atoms with Crippen LogP contribution in [0.1, 0.15) is 27.7 Å². The van der Waals surface area contributed by atoms with E-state index >= 15 is 0 Å². The number of para-hydroxylation sites is 1. The van der Waals surface area contributed by atoms with E-state index in [9.17, 15) is 0 Å². The van der Waals surface area contributed by atoms with Gasteiger partial charge in [0.15, 0.2) is 5.82 Å². The molecule has 1 N–H and O–H groups in total. The summed E-state index contributed by atoms with van der Waals surface area (Å²) in [6, 6.07) is 10.1. The number of benzene rings is 1. The summed E-state index contributed by atoms with van der Waals surface area (Å²) in [5.74, 6) is 1.34. The summed E-state index contributed by atoms with van der Waals surface area (Å²) in [4.78, 5) is 6.65. The molecule has 20 heavy (non-hydrogen) atoms. The largest absolute Gasteiger partial charge is 0.348 e. The number of aromatic nitrogens is 3. The van der Waals surface area contributed by atoms with E-state index in [-0.39, 0.29) is 5.54 Å². The maximum Gasteiger partial charge on any atom is 0.245 e. The molecule has 0 amide bonds. The summed E-state index contributed by atoms with van der Waals surface area (Å²) in [5, 5.41) is 11.3. The van der Waals surface area contributed by atoms with Gasteiger partial charge in [-0.3, -0.25) is 0 Å². The molecule has 0 bridgehead atoms. The molecule has 5 nitrogen and oxygen atoms in total.